The molecule has 1 saturated heterocycles. The highest BCUT2D eigenvalue weighted by atomic mass is 31.2. The van der Waals surface area contributed by atoms with E-state index in [0.717, 1.165) is 25.9 Å². The van der Waals surface area contributed by atoms with Gasteiger partial charge in [0.05, 0.1) is 39.5 Å². The van der Waals surface area contributed by atoms with Gasteiger partial charge in [0.1, 0.15) is 5.78 Å². The van der Waals surface area contributed by atoms with Gasteiger partial charge in [-0.1, -0.05) is 90.4 Å². The highest BCUT2D eigenvalue weighted by Crippen LogP contribution is 2.34. The van der Waals surface area contributed by atoms with Crippen molar-refractivity contribution in [3.63, 3.8) is 0 Å². The molecule has 1 rings (SSSR count). The molecule has 2 unspecified atom stereocenters. The van der Waals surface area contributed by atoms with E-state index >= 15 is 0 Å². The first-order valence-corrected chi connectivity index (χ1v) is 16.9. The number of carbonyl (C=O) groups excluding carboxylic acids is 1. The highest BCUT2D eigenvalue weighted by molar-refractivity contribution is 7.40. The second kappa shape index (κ2) is 26.1. The SMILES string of the molecule is CCCCCCCCCCCCCCCCOCC(COP(O)OCCCC[NH+]1CCCC1)CC(C)=O. The van der Waals surface area contributed by atoms with E-state index in [1.807, 2.05) is 0 Å². The summed E-state index contributed by atoms with van der Waals surface area (Å²) in [6, 6.07) is 0. The lowest BCUT2D eigenvalue weighted by atomic mass is 10.0. The number of unbranched alkanes of at least 4 members (excludes halogenated alkanes) is 14. The fraction of sp³-hybridized carbons (Fsp3) is 0.967. The quantitative estimate of drug-likeness (QED) is 0.0835. The first-order chi connectivity index (χ1) is 18.1. The number of rotatable bonds is 28. The van der Waals surface area contributed by atoms with Crippen LogP contribution >= 0.6 is 8.60 Å². The van der Waals surface area contributed by atoms with Crippen LogP contribution in [0.1, 0.15) is 136 Å². The molecule has 6 nitrogen and oxygen atoms in total. The van der Waals surface area contributed by atoms with Crippen molar-refractivity contribution in [2.24, 2.45) is 5.92 Å². The molecule has 37 heavy (non-hydrogen) atoms. The van der Waals surface area contributed by atoms with Crippen LogP contribution in [0.25, 0.3) is 0 Å². The molecule has 2 atom stereocenters. The molecule has 1 heterocycles. The van der Waals surface area contributed by atoms with Gasteiger partial charge < -0.3 is 28.4 Å². The molecule has 220 valence electrons. The van der Waals surface area contributed by atoms with Crippen molar-refractivity contribution in [3.05, 3.63) is 0 Å². The number of carbonyl (C=O) groups is 1. The third-order valence-electron chi connectivity index (χ3n) is 7.43. The van der Waals surface area contributed by atoms with E-state index in [0.29, 0.717) is 26.2 Å². The van der Waals surface area contributed by atoms with Crippen molar-refractivity contribution < 1.29 is 28.4 Å². The van der Waals surface area contributed by atoms with Gasteiger partial charge in [-0.25, -0.2) is 0 Å². The number of ether oxygens (including phenoxy) is 1. The van der Waals surface area contributed by atoms with Crippen LogP contribution in [0.2, 0.25) is 0 Å². The lowest BCUT2D eigenvalue weighted by Gasteiger charge is -2.18. The molecule has 0 saturated carbocycles. The van der Waals surface area contributed by atoms with E-state index in [-0.39, 0.29) is 11.7 Å². The number of likely N-dealkylation sites (tertiary alicyclic amines) is 1. The van der Waals surface area contributed by atoms with Gasteiger partial charge in [0.25, 0.3) is 0 Å². The molecule has 1 aliphatic rings. The van der Waals surface area contributed by atoms with Crippen LogP contribution in [0.5, 0.6) is 0 Å². The second-order valence-electron chi connectivity index (χ2n) is 11.2. The van der Waals surface area contributed by atoms with Crippen molar-refractivity contribution in [3.8, 4) is 0 Å². The minimum absolute atomic E-state index is 0.0244. The van der Waals surface area contributed by atoms with Crippen molar-refractivity contribution in [1.29, 1.82) is 0 Å². The summed E-state index contributed by atoms with van der Waals surface area (Å²) >= 11 is 0. The van der Waals surface area contributed by atoms with E-state index in [1.54, 1.807) is 11.8 Å². The standard InChI is InChI=1S/C30H60NO5P/c1-3-4-5-6-7-8-9-10-11-12-13-14-15-19-24-34-27-30(26-29(2)32)28-36-37(33)35-25-20-18-23-31-21-16-17-22-31/h30,33H,3-28H2,1-2H3/p+1. The summed E-state index contributed by atoms with van der Waals surface area (Å²) in [4.78, 5) is 23.4. The maximum absolute atomic E-state index is 11.6. The first-order valence-electron chi connectivity index (χ1n) is 15.8. The minimum Gasteiger partial charge on any atom is -0.381 e. The van der Waals surface area contributed by atoms with Crippen LogP contribution in [0.4, 0.5) is 0 Å². The number of nitrogens with one attached hydrogen (secondary N) is 1. The van der Waals surface area contributed by atoms with Crippen molar-refractivity contribution in [2.45, 2.75) is 136 Å². The van der Waals surface area contributed by atoms with Crippen LogP contribution in [0, 0.1) is 5.92 Å². The molecule has 2 N–H and O–H groups in total. The molecule has 0 spiro atoms. The van der Waals surface area contributed by atoms with Crippen molar-refractivity contribution in [2.75, 3.05) is 46.1 Å². The summed E-state index contributed by atoms with van der Waals surface area (Å²) in [6.07, 6.45) is 24.1. The maximum Gasteiger partial charge on any atom is 0.329 e. The summed E-state index contributed by atoms with van der Waals surface area (Å²) in [5, 5.41) is 0. The molecule has 0 radical (unpaired) electrons. The lowest BCUT2D eigenvalue weighted by molar-refractivity contribution is -0.887. The topological polar surface area (TPSA) is 69.4 Å². The summed E-state index contributed by atoms with van der Waals surface area (Å²) in [5.41, 5.74) is 0. The van der Waals surface area contributed by atoms with Gasteiger partial charge in [0, 0.05) is 31.8 Å². The summed E-state index contributed by atoms with van der Waals surface area (Å²) in [6.45, 7) is 9.74. The van der Waals surface area contributed by atoms with Gasteiger partial charge >= 0.3 is 8.60 Å². The Kier molecular flexibility index (Phi) is 24.7. The van der Waals surface area contributed by atoms with Gasteiger partial charge in [0.15, 0.2) is 0 Å². The molecular weight excluding hydrogens is 485 g/mol. The summed E-state index contributed by atoms with van der Waals surface area (Å²) in [5.74, 6) is 0.102. The Morgan fingerprint density at radius 3 is 1.86 bits per heavy atom. The van der Waals surface area contributed by atoms with E-state index < -0.39 is 8.60 Å². The second-order valence-corrected chi connectivity index (χ2v) is 12.2. The largest absolute Gasteiger partial charge is 0.381 e. The van der Waals surface area contributed by atoms with Gasteiger partial charge in [-0.3, -0.25) is 0 Å². The molecule has 0 aromatic rings. The Morgan fingerprint density at radius 2 is 1.30 bits per heavy atom. The molecule has 0 aromatic carbocycles. The van der Waals surface area contributed by atoms with E-state index in [4.69, 9.17) is 13.8 Å². The van der Waals surface area contributed by atoms with Gasteiger partial charge in [0.2, 0.25) is 0 Å². The third kappa shape index (κ3) is 23.5. The zero-order chi connectivity index (χ0) is 26.8. The molecule has 0 aromatic heterocycles. The molecule has 0 amide bonds. The smallest absolute Gasteiger partial charge is 0.329 e. The molecule has 0 bridgehead atoms. The third-order valence-corrected chi connectivity index (χ3v) is 8.20. The van der Waals surface area contributed by atoms with Crippen LogP contribution in [0.3, 0.4) is 0 Å². The monoisotopic (exact) mass is 546 g/mol. The van der Waals surface area contributed by atoms with Gasteiger partial charge in [-0.05, 0) is 26.2 Å². The van der Waals surface area contributed by atoms with Crippen LogP contribution in [-0.4, -0.2) is 56.7 Å². The first kappa shape index (κ1) is 34.9. The summed E-state index contributed by atoms with van der Waals surface area (Å²) in [7, 11) is -1.88. The molecule has 1 aliphatic heterocycles. The number of ketones is 1. The minimum atomic E-state index is -1.88. The predicted octanol–water partition coefficient (Wildman–Crippen LogP) is 6.79. The Labute approximate surface area is 230 Å². The average Bonchev–Trinajstić information content (AvgIpc) is 3.40. The fourth-order valence-electron chi connectivity index (χ4n) is 5.17. The predicted molar refractivity (Wildman–Crippen MR) is 155 cm³/mol. The highest BCUT2D eigenvalue weighted by Gasteiger charge is 2.17. The molecular formula is C30H61NO5P+. The van der Waals surface area contributed by atoms with Gasteiger partial charge in [-0.2, -0.15) is 0 Å². The van der Waals surface area contributed by atoms with Crippen molar-refractivity contribution in [1.82, 2.24) is 0 Å². The maximum atomic E-state index is 11.6. The Bertz CT molecular complexity index is 504. The van der Waals surface area contributed by atoms with E-state index in [1.165, 1.54) is 116 Å². The number of hydrogen-bond donors (Lipinski definition) is 2. The number of quaternary nitrogens is 1. The normalized spacial score (nSPS) is 15.9. The van der Waals surface area contributed by atoms with Crippen LogP contribution in [0.15, 0.2) is 0 Å². The summed E-state index contributed by atoms with van der Waals surface area (Å²) < 4.78 is 16.8. The van der Waals surface area contributed by atoms with E-state index in [2.05, 4.69) is 6.92 Å². The molecule has 1 fully saturated rings. The van der Waals surface area contributed by atoms with Crippen molar-refractivity contribution >= 4 is 14.4 Å². The zero-order valence-electron chi connectivity index (χ0n) is 24.5. The average molecular weight is 547 g/mol. The van der Waals surface area contributed by atoms with Gasteiger partial charge in [-0.15, -0.1) is 0 Å². The fourth-order valence-corrected chi connectivity index (χ4v) is 5.87. The number of hydrogen-bond acceptors (Lipinski definition) is 5. The van der Waals surface area contributed by atoms with Crippen LogP contribution in [-0.2, 0) is 18.6 Å². The lowest BCUT2D eigenvalue weighted by Crippen LogP contribution is -3.09. The van der Waals surface area contributed by atoms with E-state index in [9.17, 15) is 9.69 Å². The molecule has 0 aliphatic carbocycles. The Morgan fingerprint density at radius 1 is 0.757 bits per heavy atom. The zero-order valence-corrected chi connectivity index (χ0v) is 25.4. The van der Waals surface area contributed by atoms with Crippen LogP contribution < -0.4 is 4.90 Å². The Balaban J connectivity index is 1.92. The molecule has 7 heteroatoms. The number of Topliss-reactive ketones (excluding diaryl/α,β-unsaturated/α-hetero) is 1. The Hall–Kier alpha value is -0.100.